The number of carbonyl (C=O) groups excluding carboxylic acids is 1. The smallest absolute Gasteiger partial charge is 0.270 e. The first-order valence-electron chi connectivity index (χ1n) is 7.75. The zero-order chi connectivity index (χ0) is 16.1. The number of hydrogen-bond donors (Lipinski definition) is 2. The van der Waals surface area contributed by atoms with Crippen molar-refractivity contribution in [2.45, 2.75) is 25.3 Å². The molecule has 6 heteroatoms. The largest absolute Gasteiger partial charge is 0.497 e. The number of benzene rings is 1. The normalized spacial score (nSPS) is 13.4. The van der Waals surface area contributed by atoms with Gasteiger partial charge in [-0.2, -0.15) is 0 Å². The van der Waals surface area contributed by atoms with Crippen molar-refractivity contribution in [3.05, 3.63) is 47.8 Å². The average Bonchev–Trinajstić information content (AvgIpc) is 3.39. The van der Waals surface area contributed by atoms with Crippen molar-refractivity contribution in [1.29, 1.82) is 0 Å². The third-order valence-corrected chi connectivity index (χ3v) is 3.63. The molecule has 0 spiro atoms. The van der Waals surface area contributed by atoms with E-state index in [1.54, 1.807) is 19.4 Å². The van der Waals surface area contributed by atoms with Gasteiger partial charge in [0.2, 0.25) is 5.95 Å². The van der Waals surface area contributed by atoms with Crippen LogP contribution in [0.2, 0.25) is 0 Å². The van der Waals surface area contributed by atoms with E-state index in [0.717, 1.165) is 25.0 Å². The van der Waals surface area contributed by atoms with Crippen LogP contribution < -0.4 is 15.4 Å². The number of methoxy groups -OCH3 is 1. The van der Waals surface area contributed by atoms with Gasteiger partial charge in [0, 0.05) is 18.8 Å². The molecule has 23 heavy (non-hydrogen) atoms. The summed E-state index contributed by atoms with van der Waals surface area (Å²) in [5, 5.41) is 6.07. The van der Waals surface area contributed by atoms with Crippen molar-refractivity contribution in [2.24, 2.45) is 0 Å². The van der Waals surface area contributed by atoms with Crippen LogP contribution in [0.5, 0.6) is 5.75 Å². The maximum atomic E-state index is 12.0. The molecule has 1 aromatic heterocycles. The Balaban J connectivity index is 1.54. The van der Waals surface area contributed by atoms with Gasteiger partial charge >= 0.3 is 0 Å². The highest BCUT2D eigenvalue weighted by Crippen LogP contribution is 2.19. The summed E-state index contributed by atoms with van der Waals surface area (Å²) in [7, 11) is 1.66. The van der Waals surface area contributed by atoms with Gasteiger partial charge in [-0.25, -0.2) is 9.97 Å². The number of nitrogens with zero attached hydrogens (tertiary/aromatic N) is 2. The molecule has 1 heterocycles. The van der Waals surface area contributed by atoms with Crippen LogP contribution in [0.25, 0.3) is 0 Å². The fraction of sp³-hybridized carbons (Fsp3) is 0.353. The lowest BCUT2D eigenvalue weighted by atomic mass is 10.1. The summed E-state index contributed by atoms with van der Waals surface area (Å²) in [5.74, 6) is 1.18. The lowest BCUT2D eigenvalue weighted by molar-refractivity contribution is 0.0946. The Hall–Kier alpha value is -2.63. The third-order valence-electron chi connectivity index (χ3n) is 3.63. The molecule has 0 bridgehead atoms. The minimum absolute atomic E-state index is 0.134. The van der Waals surface area contributed by atoms with E-state index in [9.17, 15) is 4.79 Å². The van der Waals surface area contributed by atoms with Gasteiger partial charge in [-0.3, -0.25) is 4.79 Å². The van der Waals surface area contributed by atoms with E-state index in [1.807, 2.05) is 24.3 Å². The summed E-state index contributed by atoms with van der Waals surface area (Å²) >= 11 is 0. The Morgan fingerprint density at radius 1 is 1.35 bits per heavy atom. The Bertz CT molecular complexity index is 686. The molecule has 0 unspecified atom stereocenters. The van der Waals surface area contributed by atoms with E-state index >= 15 is 0 Å². The summed E-state index contributed by atoms with van der Waals surface area (Å²) in [6.45, 7) is 0.681. The van der Waals surface area contributed by atoms with Crippen LogP contribution in [0.15, 0.2) is 36.5 Å². The summed E-state index contributed by atoms with van der Waals surface area (Å²) in [4.78, 5) is 20.4. The maximum absolute atomic E-state index is 12.0. The molecule has 1 aliphatic rings. The monoisotopic (exact) mass is 312 g/mol. The third kappa shape index (κ3) is 4.42. The fourth-order valence-corrected chi connectivity index (χ4v) is 2.20. The first-order chi connectivity index (χ1) is 11.2. The lowest BCUT2D eigenvalue weighted by Gasteiger charge is -2.08. The van der Waals surface area contributed by atoms with Gasteiger partial charge in [0.1, 0.15) is 11.4 Å². The van der Waals surface area contributed by atoms with Crippen LogP contribution in [0.4, 0.5) is 5.95 Å². The summed E-state index contributed by atoms with van der Waals surface area (Å²) in [5.41, 5.74) is 1.57. The standard InChI is InChI=1S/C17H20N4O2/c1-23-14-4-2-3-12(11-14)7-9-18-17-19-10-8-15(21-17)16(22)20-13-5-6-13/h2-4,8,10-11,13H,5-7,9H2,1H3,(H,20,22)(H,18,19,21). The predicted octanol–water partition coefficient (Wildman–Crippen LogP) is 2.03. The topological polar surface area (TPSA) is 76.1 Å². The molecule has 6 nitrogen and oxygen atoms in total. The lowest BCUT2D eigenvalue weighted by Crippen LogP contribution is -2.26. The quantitative estimate of drug-likeness (QED) is 0.818. The van der Waals surface area contributed by atoms with Crippen molar-refractivity contribution >= 4 is 11.9 Å². The SMILES string of the molecule is COc1cccc(CCNc2nccc(C(=O)NC3CC3)n2)c1. The Kier molecular flexibility index (Phi) is 4.71. The van der Waals surface area contributed by atoms with E-state index in [4.69, 9.17) is 4.74 Å². The van der Waals surface area contributed by atoms with Crippen molar-refractivity contribution in [3.8, 4) is 5.75 Å². The van der Waals surface area contributed by atoms with Crippen molar-refractivity contribution in [3.63, 3.8) is 0 Å². The number of hydrogen-bond acceptors (Lipinski definition) is 5. The first kappa shape index (κ1) is 15.3. The van der Waals surface area contributed by atoms with Crippen LogP contribution in [-0.4, -0.2) is 35.6 Å². The number of anilines is 1. The summed E-state index contributed by atoms with van der Waals surface area (Å²) in [6, 6.07) is 9.88. The van der Waals surface area contributed by atoms with Gasteiger partial charge < -0.3 is 15.4 Å². The van der Waals surface area contributed by atoms with Gasteiger partial charge in [0.05, 0.1) is 7.11 Å². The highest BCUT2D eigenvalue weighted by atomic mass is 16.5. The van der Waals surface area contributed by atoms with Gasteiger partial charge in [-0.05, 0) is 43.0 Å². The maximum Gasteiger partial charge on any atom is 0.270 e. The van der Waals surface area contributed by atoms with Crippen molar-refractivity contribution < 1.29 is 9.53 Å². The molecule has 2 aromatic rings. The van der Waals surface area contributed by atoms with Crippen molar-refractivity contribution in [1.82, 2.24) is 15.3 Å². The molecule has 1 fully saturated rings. The molecular formula is C17H20N4O2. The van der Waals surface area contributed by atoms with Crippen LogP contribution in [-0.2, 0) is 6.42 Å². The number of amides is 1. The zero-order valence-corrected chi connectivity index (χ0v) is 13.1. The van der Waals surface area contributed by atoms with Crippen LogP contribution in [0.1, 0.15) is 28.9 Å². The summed E-state index contributed by atoms with van der Waals surface area (Å²) in [6.07, 6.45) is 4.53. The van der Waals surface area contributed by atoms with E-state index in [1.165, 1.54) is 5.56 Å². The van der Waals surface area contributed by atoms with Crippen LogP contribution in [0.3, 0.4) is 0 Å². The molecular weight excluding hydrogens is 292 g/mol. The van der Waals surface area contributed by atoms with Crippen LogP contribution >= 0.6 is 0 Å². The predicted molar refractivity (Wildman–Crippen MR) is 87.7 cm³/mol. The van der Waals surface area contributed by atoms with Gasteiger partial charge in [-0.1, -0.05) is 12.1 Å². The first-order valence-corrected chi connectivity index (χ1v) is 7.75. The molecule has 1 amide bonds. The van der Waals surface area contributed by atoms with Crippen molar-refractivity contribution in [2.75, 3.05) is 19.0 Å². The zero-order valence-electron chi connectivity index (χ0n) is 13.1. The second-order valence-corrected chi connectivity index (χ2v) is 5.54. The molecule has 1 aliphatic carbocycles. The molecule has 120 valence electrons. The molecule has 1 aromatic carbocycles. The second-order valence-electron chi connectivity index (χ2n) is 5.54. The number of aromatic nitrogens is 2. The Labute approximate surface area is 135 Å². The number of nitrogens with one attached hydrogen (secondary N) is 2. The van der Waals surface area contributed by atoms with E-state index in [2.05, 4.69) is 20.6 Å². The van der Waals surface area contributed by atoms with E-state index in [-0.39, 0.29) is 5.91 Å². The number of carbonyl (C=O) groups is 1. The van der Waals surface area contributed by atoms with Gasteiger partial charge in [0.15, 0.2) is 0 Å². The van der Waals surface area contributed by atoms with Gasteiger partial charge in [0.25, 0.3) is 5.91 Å². The molecule has 0 saturated heterocycles. The highest BCUT2D eigenvalue weighted by molar-refractivity contribution is 5.92. The molecule has 3 rings (SSSR count). The molecule has 2 N–H and O–H groups in total. The molecule has 0 atom stereocenters. The Morgan fingerprint density at radius 3 is 3.00 bits per heavy atom. The summed E-state index contributed by atoms with van der Waals surface area (Å²) < 4.78 is 5.21. The number of ether oxygens (including phenoxy) is 1. The Morgan fingerprint density at radius 2 is 2.22 bits per heavy atom. The minimum atomic E-state index is -0.134. The average molecular weight is 312 g/mol. The second kappa shape index (κ2) is 7.09. The molecule has 0 aliphatic heterocycles. The van der Waals surface area contributed by atoms with E-state index in [0.29, 0.717) is 24.2 Å². The highest BCUT2D eigenvalue weighted by Gasteiger charge is 2.24. The van der Waals surface area contributed by atoms with Gasteiger partial charge in [-0.15, -0.1) is 0 Å². The molecule has 1 saturated carbocycles. The minimum Gasteiger partial charge on any atom is -0.497 e. The fourth-order valence-electron chi connectivity index (χ4n) is 2.20. The van der Waals surface area contributed by atoms with Crippen LogP contribution in [0, 0.1) is 0 Å². The molecule has 0 radical (unpaired) electrons. The number of rotatable bonds is 7. The van der Waals surface area contributed by atoms with E-state index < -0.39 is 0 Å².